The topological polar surface area (TPSA) is 28.7 Å². The Morgan fingerprint density at radius 2 is 2.50 bits per heavy atom. The van der Waals surface area contributed by atoms with Crippen molar-refractivity contribution in [3.63, 3.8) is 0 Å². The molecule has 1 heterocycles. The molecule has 0 aliphatic heterocycles. The molecule has 0 spiro atoms. The molecule has 0 amide bonds. The van der Waals surface area contributed by atoms with E-state index in [-0.39, 0.29) is 18.9 Å². The van der Waals surface area contributed by atoms with Gasteiger partial charge in [-0.2, -0.15) is 0 Å². The predicted octanol–water partition coefficient (Wildman–Crippen LogP) is -2.02. The molecular weight excluding hydrogens is 95.0 g/mol. The Bertz CT molecular complexity index is 125. The number of hydrogen-bond donors (Lipinski definition) is 1. The molecule has 0 fully saturated rings. The summed E-state index contributed by atoms with van der Waals surface area (Å²) in [5, 5.41) is 0. The average Bonchev–Trinajstić information content (AvgIpc) is 2.14. The van der Waals surface area contributed by atoms with Gasteiger partial charge in [-0.3, -0.25) is 0 Å². The third kappa shape index (κ3) is 1.73. The van der Waals surface area contributed by atoms with Gasteiger partial charge in [0.2, 0.25) is 0 Å². The van der Waals surface area contributed by atoms with Crippen LogP contribution in [-0.4, -0.2) is 9.97 Å². The Hall–Kier alpha value is -0.193. The Balaban J connectivity index is 0.000000490. The smallest absolute Gasteiger partial charge is 0.349 e. The van der Waals surface area contributed by atoms with Crippen LogP contribution in [0, 0.1) is 0 Å². The molecule has 0 saturated heterocycles. The van der Waals surface area contributed by atoms with Gasteiger partial charge in [-0.05, 0) is 0 Å². The third-order valence-corrected chi connectivity index (χ3v) is 0.890. The van der Waals surface area contributed by atoms with Crippen molar-refractivity contribution in [2.24, 2.45) is 0 Å². The van der Waals surface area contributed by atoms with E-state index in [1.54, 1.807) is 6.20 Å². The fraction of sp³-hybridized carbons (Fsp3) is 0.400. The maximum Gasteiger partial charge on any atom is 1.00 e. The summed E-state index contributed by atoms with van der Waals surface area (Å²) in [5.41, 5.74) is 0. The fourth-order valence-corrected chi connectivity index (χ4v) is 0.491. The standard InChI is InChI=1S/C5H8N2.Li/c1-2-5-6-3-4-7-5;/h3-4H,2H2,1H3,(H,6,7);/q;+1. The van der Waals surface area contributed by atoms with E-state index >= 15 is 0 Å². The minimum atomic E-state index is 0. The molecule has 1 rings (SSSR count). The van der Waals surface area contributed by atoms with Crippen LogP contribution in [0.4, 0.5) is 0 Å². The van der Waals surface area contributed by atoms with Gasteiger partial charge in [0.1, 0.15) is 5.82 Å². The first-order chi connectivity index (χ1) is 3.43. The first-order valence-corrected chi connectivity index (χ1v) is 2.41. The predicted molar refractivity (Wildman–Crippen MR) is 28.0 cm³/mol. The van der Waals surface area contributed by atoms with Crippen molar-refractivity contribution in [3.8, 4) is 0 Å². The molecule has 1 aromatic rings. The number of aromatic nitrogens is 2. The van der Waals surface area contributed by atoms with Crippen LogP contribution in [0.1, 0.15) is 12.7 Å². The zero-order chi connectivity index (χ0) is 5.11. The van der Waals surface area contributed by atoms with Crippen LogP contribution in [0.5, 0.6) is 0 Å². The van der Waals surface area contributed by atoms with E-state index in [0.717, 1.165) is 12.2 Å². The third-order valence-electron chi connectivity index (χ3n) is 0.890. The van der Waals surface area contributed by atoms with Gasteiger partial charge >= 0.3 is 18.9 Å². The monoisotopic (exact) mass is 103 g/mol. The minimum absolute atomic E-state index is 0. The van der Waals surface area contributed by atoms with Crippen molar-refractivity contribution in [2.75, 3.05) is 0 Å². The Morgan fingerprint density at radius 1 is 1.75 bits per heavy atom. The van der Waals surface area contributed by atoms with Gasteiger partial charge in [-0.25, -0.2) is 4.98 Å². The number of H-pyrrole nitrogens is 1. The molecule has 0 aliphatic rings. The second kappa shape index (κ2) is 3.77. The molecule has 2 nitrogen and oxygen atoms in total. The molecule has 0 atom stereocenters. The fourth-order valence-electron chi connectivity index (χ4n) is 0.491. The van der Waals surface area contributed by atoms with Gasteiger partial charge in [0, 0.05) is 18.8 Å². The summed E-state index contributed by atoms with van der Waals surface area (Å²) in [7, 11) is 0. The van der Waals surface area contributed by atoms with E-state index in [1.807, 2.05) is 6.20 Å². The number of nitrogens with zero attached hydrogens (tertiary/aromatic N) is 1. The molecule has 0 radical (unpaired) electrons. The van der Waals surface area contributed by atoms with E-state index in [4.69, 9.17) is 0 Å². The summed E-state index contributed by atoms with van der Waals surface area (Å²) in [6.45, 7) is 2.07. The molecule has 0 bridgehead atoms. The minimum Gasteiger partial charge on any atom is -0.349 e. The molecular formula is C5H8LiN2+. The molecule has 3 heteroatoms. The first-order valence-electron chi connectivity index (χ1n) is 2.41. The molecule has 0 aromatic carbocycles. The normalized spacial score (nSPS) is 8.12. The number of rotatable bonds is 1. The average molecular weight is 103 g/mol. The molecule has 0 unspecified atom stereocenters. The number of nitrogens with one attached hydrogen (secondary N) is 1. The zero-order valence-electron chi connectivity index (χ0n) is 5.31. The van der Waals surface area contributed by atoms with Crippen LogP contribution in [0.25, 0.3) is 0 Å². The van der Waals surface area contributed by atoms with Crippen molar-refractivity contribution in [1.29, 1.82) is 0 Å². The molecule has 0 saturated carbocycles. The number of aromatic amines is 1. The van der Waals surface area contributed by atoms with Gasteiger partial charge in [-0.15, -0.1) is 0 Å². The molecule has 38 valence electrons. The number of hydrogen-bond acceptors (Lipinski definition) is 1. The quantitative estimate of drug-likeness (QED) is 0.408. The molecule has 1 aromatic heterocycles. The van der Waals surface area contributed by atoms with E-state index in [1.165, 1.54) is 0 Å². The summed E-state index contributed by atoms with van der Waals surface area (Å²) < 4.78 is 0. The van der Waals surface area contributed by atoms with Gasteiger partial charge in [0.15, 0.2) is 0 Å². The van der Waals surface area contributed by atoms with E-state index in [0.29, 0.717) is 0 Å². The number of aryl methyl sites for hydroxylation is 1. The van der Waals surface area contributed by atoms with Crippen molar-refractivity contribution >= 4 is 0 Å². The van der Waals surface area contributed by atoms with Crippen molar-refractivity contribution < 1.29 is 18.9 Å². The van der Waals surface area contributed by atoms with Crippen molar-refractivity contribution in [1.82, 2.24) is 9.97 Å². The van der Waals surface area contributed by atoms with Gasteiger partial charge in [-0.1, -0.05) is 6.92 Å². The maximum absolute atomic E-state index is 3.98. The Kier molecular flexibility index (Phi) is 3.68. The Morgan fingerprint density at radius 3 is 2.75 bits per heavy atom. The van der Waals surface area contributed by atoms with Gasteiger partial charge in [0.25, 0.3) is 0 Å². The number of imidazole rings is 1. The van der Waals surface area contributed by atoms with Gasteiger partial charge in [0.05, 0.1) is 0 Å². The largest absolute Gasteiger partial charge is 1.00 e. The van der Waals surface area contributed by atoms with E-state index in [2.05, 4.69) is 16.9 Å². The van der Waals surface area contributed by atoms with E-state index < -0.39 is 0 Å². The van der Waals surface area contributed by atoms with Gasteiger partial charge < -0.3 is 4.98 Å². The van der Waals surface area contributed by atoms with Crippen molar-refractivity contribution in [2.45, 2.75) is 13.3 Å². The summed E-state index contributed by atoms with van der Waals surface area (Å²) in [5.74, 6) is 1.06. The van der Waals surface area contributed by atoms with Crippen LogP contribution in [-0.2, 0) is 6.42 Å². The van der Waals surface area contributed by atoms with Crippen LogP contribution >= 0.6 is 0 Å². The second-order valence-electron chi connectivity index (χ2n) is 1.39. The Labute approximate surface area is 60.9 Å². The van der Waals surface area contributed by atoms with Crippen LogP contribution in [0.2, 0.25) is 0 Å². The summed E-state index contributed by atoms with van der Waals surface area (Å²) >= 11 is 0. The zero-order valence-corrected chi connectivity index (χ0v) is 5.31. The summed E-state index contributed by atoms with van der Waals surface area (Å²) in [6, 6.07) is 0. The van der Waals surface area contributed by atoms with Crippen LogP contribution in [0.3, 0.4) is 0 Å². The van der Waals surface area contributed by atoms with E-state index in [9.17, 15) is 0 Å². The van der Waals surface area contributed by atoms with Crippen LogP contribution < -0.4 is 18.9 Å². The molecule has 8 heavy (non-hydrogen) atoms. The van der Waals surface area contributed by atoms with Crippen molar-refractivity contribution in [3.05, 3.63) is 18.2 Å². The molecule has 0 aliphatic carbocycles. The first kappa shape index (κ1) is 7.81. The maximum atomic E-state index is 3.98. The second-order valence-corrected chi connectivity index (χ2v) is 1.39. The SMILES string of the molecule is CCc1ncc[nH]1.[Li+]. The summed E-state index contributed by atoms with van der Waals surface area (Å²) in [6.07, 6.45) is 4.59. The summed E-state index contributed by atoms with van der Waals surface area (Å²) in [4.78, 5) is 6.95. The van der Waals surface area contributed by atoms with Crippen LogP contribution in [0.15, 0.2) is 12.4 Å². The molecule has 1 N–H and O–H groups in total.